The van der Waals surface area contributed by atoms with Crippen molar-refractivity contribution >= 4 is 17.2 Å². The van der Waals surface area contributed by atoms with E-state index in [4.69, 9.17) is 0 Å². The summed E-state index contributed by atoms with van der Waals surface area (Å²) < 4.78 is 43.5. The minimum absolute atomic E-state index is 0.0429. The van der Waals surface area contributed by atoms with Gasteiger partial charge in [0.2, 0.25) is 0 Å². The van der Waals surface area contributed by atoms with Crippen molar-refractivity contribution in [3.63, 3.8) is 0 Å². The van der Waals surface area contributed by atoms with Crippen LogP contribution in [0.3, 0.4) is 0 Å². The number of hydrogen-bond acceptors (Lipinski definition) is 3. The lowest BCUT2D eigenvalue weighted by molar-refractivity contribution is 0.102. The maximum absolute atomic E-state index is 14.1. The van der Waals surface area contributed by atoms with E-state index in [0.717, 1.165) is 36.4 Å². The van der Waals surface area contributed by atoms with Crippen LogP contribution in [0.5, 0.6) is 0 Å². The minimum atomic E-state index is -0.859. The molecule has 1 aliphatic rings. The minimum Gasteiger partial charge on any atom is -0.316 e. The quantitative estimate of drug-likeness (QED) is 0.622. The molecule has 0 spiro atoms. The number of carbonyl (C=O) groups excluding carboxylic acids is 1. The molecule has 2 aromatic carbocycles. The SMILES string of the molecule is CC1C(c2cc(C(=O)Nc3c(F)cccc3F)nn2C)=CCCN1Cc1ccccc1F. The number of rotatable bonds is 5. The van der Waals surface area contributed by atoms with Crippen LogP contribution in [0.15, 0.2) is 54.6 Å². The third-order valence-corrected chi connectivity index (χ3v) is 5.72. The van der Waals surface area contributed by atoms with Crippen molar-refractivity contribution in [3.05, 3.63) is 89.0 Å². The van der Waals surface area contributed by atoms with Crippen LogP contribution in [-0.4, -0.2) is 33.2 Å². The van der Waals surface area contributed by atoms with Crippen molar-refractivity contribution in [3.8, 4) is 0 Å². The van der Waals surface area contributed by atoms with Gasteiger partial charge < -0.3 is 5.32 Å². The number of amides is 1. The normalized spacial score (nSPS) is 16.7. The van der Waals surface area contributed by atoms with Crippen LogP contribution >= 0.6 is 0 Å². The molecule has 1 aliphatic heterocycles. The van der Waals surface area contributed by atoms with Gasteiger partial charge in [-0.3, -0.25) is 14.4 Å². The highest BCUT2D eigenvalue weighted by atomic mass is 19.1. The Morgan fingerprint density at radius 3 is 2.50 bits per heavy atom. The zero-order valence-corrected chi connectivity index (χ0v) is 17.8. The van der Waals surface area contributed by atoms with Gasteiger partial charge >= 0.3 is 0 Å². The maximum atomic E-state index is 14.1. The zero-order valence-electron chi connectivity index (χ0n) is 17.8. The third-order valence-electron chi connectivity index (χ3n) is 5.72. The van der Waals surface area contributed by atoms with Crippen LogP contribution in [-0.2, 0) is 13.6 Å². The van der Waals surface area contributed by atoms with E-state index in [2.05, 4.69) is 21.4 Å². The molecule has 1 N–H and O–H groups in total. The van der Waals surface area contributed by atoms with E-state index in [-0.39, 0.29) is 17.6 Å². The average Bonchev–Trinajstić information content (AvgIpc) is 3.15. The lowest BCUT2D eigenvalue weighted by Crippen LogP contribution is -2.37. The van der Waals surface area contributed by atoms with Crippen LogP contribution < -0.4 is 5.32 Å². The van der Waals surface area contributed by atoms with Crippen LogP contribution in [0.2, 0.25) is 0 Å². The molecule has 1 amide bonds. The second-order valence-corrected chi connectivity index (χ2v) is 7.78. The van der Waals surface area contributed by atoms with Gasteiger partial charge in [-0.25, -0.2) is 13.2 Å². The first-order valence-electron chi connectivity index (χ1n) is 10.3. The van der Waals surface area contributed by atoms with Crippen LogP contribution in [0.1, 0.15) is 35.1 Å². The number of anilines is 1. The lowest BCUT2D eigenvalue weighted by atomic mass is 9.97. The molecule has 0 radical (unpaired) electrons. The summed E-state index contributed by atoms with van der Waals surface area (Å²) in [5.41, 5.74) is 1.83. The Morgan fingerprint density at radius 2 is 1.78 bits per heavy atom. The number of para-hydroxylation sites is 1. The Hall–Kier alpha value is -3.39. The summed E-state index contributed by atoms with van der Waals surface area (Å²) in [7, 11) is 1.71. The molecule has 0 saturated heterocycles. The highest BCUT2D eigenvalue weighted by Gasteiger charge is 2.27. The van der Waals surface area contributed by atoms with Crippen LogP contribution in [0.25, 0.3) is 5.57 Å². The first-order valence-corrected chi connectivity index (χ1v) is 10.3. The van der Waals surface area contributed by atoms with Gasteiger partial charge in [0, 0.05) is 31.7 Å². The second-order valence-electron chi connectivity index (χ2n) is 7.78. The summed E-state index contributed by atoms with van der Waals surface area (Å²) in [6, 6.07) is 11.6. The van der Waals surface area contributed by atoms with Crippen molar-refractivity contribution in [1.29, 1.82) is 0 Å². The Balaban J connectivity index is 1.54. The first-order chi connectivity index (χ1) is 15.3. The van der Waals surface area contributed by atoms with Gasteiger partial charge in [-0.2, -0.15) is 5.10 Å². The summed E-state index contributed by atoms with van der Waals surface area (Å²) in [5.74, 6) is -2.66. The van der Waals surface area contributed by atoms with Crippen molar-refractivity contribution in [2.75, 3.05) is 11.9 Å². The molecule has 2 heterocycles. The number of halogens is 3. The second kappa shape index (κ2) is 9.00. The maximum Gasteiger partial charge on any atom is 0.276 e. The van der Waals surface area contributed by atoms with Gasteiger partial charge in [-0.05, 0) is 43.2 Å². The molecule has 0 aliphatic carbocycles. The molecule has 4 rings (SSSR count). The number of nitrogens with one attached hydrogen (secondary N) is 1. The molecule has 1 aromatic heterocycles. The molecule has 32 heavy (non-hydrogen) atoms. The van der Waals surface area contributed by atoms with Gasteiger partial charge in [-0.1, -0.05) is 30.3 Å². The van der Waals surface area contributed by atoms with E-state index >= 15 is 0 Å². The van der Waals surface area contributed by atoms with Crippen LogP contribution in [0, 0.1) is 17.5 Å². The van der Waals surface area contributed by atoms with E-state index in [1.54, 1.807) is 29.9 Å². The fourth-order valence-corrected chi connectivity index (χ4v) is 3.97. The zero-order chi connectivity index (χ0) is 22.8. The molecular formula is C24H23F3N4O. The van der Waals surface area contributed by atoms with E-state index in [9.17, 15) is 18.0 Å². The Morgan fingerprint density at radius 1 is 1.09 bits per heavy atom. The molecule has 166 valence electrons. The third kappa shape index (κ3) is 4.31. The number of aryl methyl sites for hydroxylation is 1. The predicted octanol–water partition coefficient (Wildman–Crippen LogP) is 4.77. The largest absolute Gasteiger partial charge is 0.316 e. The van der Waals surface area contributed by atoms with Crippen molar-refractivity contribution in [2.45, 2.75) is 25.9 Å². The van der Waals surface area contributed by atoms with Gasteiger partial charge in [-0.15, -0.1) is 0 Å². The first kappa shape index (κ1) is 21.8. The molecule has 1 unspecified atom stereocenters. The highest BCUT2D eigenvalue weighted by Crippen LogP contribution is 2.29. The number of nitrogens with zero attached hydrogens (tertiary/aromatic N) is 3. The van der Waals surface area contributed by atoms with Crippen molar-refractivity contribution in [2.24, 2.45) is 7.05 Å². The summed E-state index contributed by atoms with van der Waals surface area (Å²) in [6.45, 7) is 3.26. The molecule has 0 bridgehead atoms. The molecule has 5 nitrogen and oxygen atoms in total. The average molecular weight is 440 g/mol. The fraction of sp³-hybridized carbons (Fsp3) is 0.250. The highest BCUT2D eigenvalue weighted by molar-refractivity contribution is 6.03. The Labute approximate surface area is 184 Å². The van der Waals surface area contributed by atoms with Crippen molar-refractivity contribution < 1.29 is 18.0 Å². The van der Waals surface area contributed by atoms with Gasteiger partial charge in [0.25, 0.3) is 5.91 Å². The Bertz CT molecular complexity index is 1170. The lowest BCUT2D eigenvalue weighted by Gasteiger charge is -2.34. The predicted molar refractivity (Wildman–Crippen MR) is 116 cm³/mol. The summed E-state index contributed by atoms with van der Waals surface area (Å²) >= 11 is 0. The Kier molecular flexibility index (Phi) is 6.14. The topological polar surface area (TPSA) is 50.2 Å². The molecule has 0 fully saturated rings. The van der Waals surface area contributed by atoms with Crippen LogP contribution in [0.4, 0.5) is 18.9 Å². The van der Waals surface area contributed by atoms with E-state index < -0.39 is 23.2 Å². The molecule has 8 heteroatoms. The number of carbonyl (C=O) groups is 1. The van der Waals surface area contributed by atoms with E-state index in [1.807, 2.05) is 13.0 Å². The van der Waals surface area contributed by atoms with E-state index in [0.29, 0.717) is 12.1 Å². The van der Waals surface area contributed by atoms with E-state index in [1.165, 1.54) is 12.1 Å². The number of aromatic nitrogens is 2. The fourth-order valence-electron chi connectivity index (χ4n) is 3.97. The molecule has 0 saturated carbocycles. The van der Waals surface area contributed by atoms with Gasteiger partial charge in [0.15, 0.2) is 5.69 Å². The molecule has 3 aromatic rings. The van der Waals surface area contributed by atoms with Gasteiger partial charge in [0.1, 0.15) is 23.1 Å². The van der Waals surface area contributed by atoms with Crippen molar-refractivity contribution in [1.82, 2.24) is 14.7 Å². The monoisotopic (exact) mass is 440 g/mol. The van der Waals surface area contributed by atoms with Gasteiger partial charge in [0.05, 0.1) is 5.69 Å². The molecular weight excluding hydrogens is 417 g/mol. The number of hydrogen-bond donors (Lipinski definition) is 1. The summed E-state index contributed by atoms with van der Waals surface area (Å²) in [5, 5.41) is 6.50. The number of benzene rings is 2. The standard InChI is InChI=1S/C24H23F3N4O/c1-15-17(8-6-12-31(15)14-16-7-3-4-9-18(16)25)22-13-21(29-30(22)2)24(32)28-23-19(26)10-5-11-20(23)27/h3-5,7-11,13,15H,6,12,14H2,1-2H3,(H,28,32). The molecule has 1 atom stereocenters. The summed E-state index contributed by atoms with van der Waals surface area (Å²) in [4.78, 5) is 14.8. The smallest absolute Gasteiger partial charge is 0.276 e. The summed E-state index contributed by atoms with van der Waals surface area (Å²) in [6.07, 6.45) is 2.85.